The van der Waals surface area contributed by atoms with E-state index in [9.17, 15) is 9.18 Å². The van der Waals surface area contributed by atoms with Crippen LogP contribution in [0.3, 0.4) is 0 Å². The Morgan fingerprint density at radius 3 is 2.62 bits per heavy atom. The van der Waals surface area contributed by atoms with Gasteiger partial charge in [-0.25, -0.2) is 4.39 Å². The third kappa shape index (κ3) is 4.08. The number of nitrogens with zero attached hydrogens (tertiary/aromatic N) is 2. The number of hydrogen-bond acceptors (Lipinski definition) is 4. The van der Waals surface area contributed by atoms with Gasteiger partial charge in [-0.15, -0.1) is 0 Å². The molecule has 3 atom stereocenters. The minimum Gasteiger partial charge on any atom is -0.381 e. The number of likely N-dealkylation sites (tertiary alicyclic amines) is 1. The van der Waals surface area contributed by atoms with Gasteiger partial charge in [0.05, 0.1) is 26.4 Å². The molecular formula is C20H27FN2O3. The van der Waals surface area contributed by atoms with E-state index in [1.165, 1.54) is 12.1 Å². The molecule has 0 spiro atoms. The zero-order valence-electron chi connectivity index (χ0n) is 15.1. The Bertz CT molecular complexity index is 618. The van der Waals surface area contributed by atoms with Crippen molar-refractivity contribution in [1.29, 1.82) is 0 Å². The van der Waals surface area contributed by atoms with E-state index in [4.69, 9.17) is 9.47 Å². The lowest BCUT2D eigenvalue weighted by molar-refractivity contribution is -0.138. The maximum absolute atomic E-state index is 13.1. The van der Waals surface area contributed by atoms with Gasteiger partial charge in [-0.05, 0) is 35.4 Å². The van der Waals surface area contributed by atoms with Gasteiger partial charge in [0.15, 0.2) is 0 Å². The van der Waals surface area contributed by atoms with Crippen LogP contribution in [0.1, 0.15) is 12.0 Å². The molecule has 1 aromatic rings. The first-order valence-corrected chi connectivity index (χ1v) is 9.59. The molecule has 0 bridgehead atoms. The van der Waals surface area contributed by atoms with Crippen molar-refractivity contribution in [1.82, 2.24) is 9.80 Å². The summed E-state index contributed by atoms with van der Waals surface area (Å²) >= 11 is 0. The Balaban J connectivity index is 1.35. The average Bonchev–Trinajstić information content (AvgIpc) is 3.08. The summed E-state index contributed by atoms with van der Waals surface area (Å²) in [5, 5.41) is 0. The lowest BCUT2D eigenvalue weighted by Gasteiger charge is -2.35. The Kier molecular flexibility index (Phi) is 5.52. The smallest absolute Gasteiger partial charge is 0.223 e. The van der Waals surface area contributed by atoms with Gasteiger partial charge in [0.25, 0.3) is 0 Å². The van der Waals surface area contributed by atoms with Crippen LogP contribution in [0.5, 0.6) is 0 Å². The number of carbonyl (C=O) groups excluding carboxylic acids is 1. The van der Waals surface area contributed by atoms with E-state index in [1.54, 1.807) is 0 Å². The molecule has 4 rings (SSSR count). The molecule has 5 nitrogen and oxygen atoms in total. The minimum absolute atomic E-state index is 0.195. The van der Waals surface area contributed by atoms with Gasteiger partial charge < -0.3 is 14.4 Å². The number of morpholine rings is 1. The summed E-state index contributed by atoms with van der Waals surface area (Å²) in [7, 11) is 0. The maximum atomic E-state index is 13.1. The number of hydrogen-bond donors (Lipinski definition) is 0. The van der Waals surface area contributed by atoms with Crippen LogP contribution in [0.25, 0.3) is 0 Å². The van der Waals surface area contributed by atoms with Gasteiger partial charge in [-0.2, -0.15) is 0 Å². The molecule has 0 N–H and O–H groups in total. The summed E-state index contributed by atoms with van der Waals surface area (Å²) in [5.41, 5.74) is 1.13. The molecule has 6 heteroatoms. The first-order valence-electron chi connectivity index (χ1n) is 9.59. The standard InChI is InChI=1S/C20H27FN2O3/c21-18-3-1-15(2-4-18)10-22-11-17-14-26-13-16(19(17)12-22)9-20(24)23-5-7-25-8-6-23/h1-4,16-17,19H,5-14H2/t16-,17-,19+/m1/s1. The van der Waals surface area contributed by atoms with Crippen molar-refractivity contribution in [3.05, 3.63) is 35.6 Å². The van der Waals surface area contributed by atoms with Crippen molar-refractivity contribution in [2.24, 2.45) is 17.8 Å². The number of ether oxygens (including phenoxy) is 2. The maximum Gasteiger partial charge on any atom is 0.223 e. The number of halogens is 1. The van der Waals surface area contributed by atoms with Gasteiger partial charge in [0.1, 0.15) is 5.82 Å². The molecule has 26 heavy (non-hydrogen) atoms. The fraction of sp³-hybridized carbons (Fsp3) is 0.650. The second kappa shape index (κ2) is 8.03. The predicted molar refractivity (Wildman–Crippen MR) is 95.0 cm³/mol. The van der Waals surface area contributed by atoms with Crippen LogP contribution < -0.4 is 0 Å². The van der Waals surface area contributed by atoms with Gasteiger partial charge in [0, 0.05) is 39.1 Å². The zero-order chi connectivity index (χ0) is 17.9. The molecule has 1 aromatic carbocycles. The molecule has 0 aromatic heterocycles. The lowest BCUT2D eigenvalue weighted by atomic mass is 9.81. The summed E-state index contributed by atoms with van der Waals surface area (Å²) in [6.07, 6.45) is 0.575. The molecule has 142 valence electrons. The number of carbonyl (C=O) groups is 1. The predicted octanol–water partition coefficient (Wildman–Crippen LogP) is 1.77. The zero-order valence-corrected chi connectivity index (χ0v) is 15.1. The van der Waals surface area contributed by atoms with Crippen LogP contribution >= 0.6 is 0 Å². The van der Waals surface area contributed by atoms with Gasteiger partial charge in [-0.1, -0.05) is 12.1 Å². The van der Waals surface area contributed by atoms with E-state index in [-0.39, 0.29) is 11.7 Å². The average molecular weight is 362 g/mol. The van der Waals surface area contributed by atoms with E-state index < -0.39 is 0 Å². The first kappa shape index (κ1) is 17.9. The summed E-state index contributed by atoms with van der Waals surface area (Å²) < 4.78 is 24.3. The molecule has 3 aliphatic rings. The van der Waals surface area contributed by atoms with Gasteiger partial charge in [-0.3, -0.25) is 9.69 Å². The van der Waals surface area contributed by atoms with Crippen LogP contribution in [-0.4, -0.2) is 68.3 Å². The second-order valence-corrected chi connectivity index (χ2v) is 7.74. The highest BCUT2D eigenvalue weighted by molar-refractivity contribution is 5.76. The van der Waals surface area contributed by atoms with E-state index in [1.807, 2.05) is 17.0 Å². The van der Waals surface area contributed by atoms with Crippen LogP contribution in [0.15, 0.2) is 24.3 Å². The first-order chi connectivity index (χ1) is 12.7. The number of amides is 1. The molecule has 1 amide bonds. The highest BCUT2D eigenvalue weighted by atomic mass is 19.1. The summed E-state index contributed by atoms with van der Waals surface area (Å²) in [6, 6.07) is 6.75. The number of rotatable bonds is 4. The Labute approximate surface area is 154 Å². The third-order valence-corrected chi connectivity index (χ3v) is 5.96. The van der Waals surface area contributed by atoms with E-state index in [0.29, 0.717) is 57.1 Å². The minimum atomic E-state index is -0.195. The molecule has 0 unspecified atom stereocenters. The van der Waals surface area contributed by atoms with Crippen LogP contribution in [0.4, 0.5) is 4.39 Å². The molecule has 3 heterocycles. The summed E-state index contributed by atoms with van der Waals surface area (Å²) in [5.74, 6) is 1.33. The molecule has 0 saturated carbocycles. The van der Waals surface area contributed by atoms with Crippen molar-refractivity contribution < 1.29 is 18.7 Å². The van der Waals surface area contributed by atoms with Crippen molar-refractivity contribution in [2.45, 2.75) is 13.0 Å². The Morgan fingerprint density at radius 2 is 1.85 bits per heavy atom. The second-order valence-electron chi connectivity index (χ2n) is 7.74. The van der Waals surface area contributed by atoms with Crippen molar-refractivity contribution in [2.75, 3.05) is 52.6 Å². The van der Waals surface area contributed by atoms with Crippen molar-refractivity contribution >= 4 is 5.91 Å². The number of fused-ring (bicyclic) bond motifs is 1. The quantitative estimate of drug-likeness (QED) is 0.819. The van der Waals surface area contributed by atoms with Gasteiger partial charge in [0.2, 0.25) is 5.91 Å². The normalized spacial score (nSPS) is 29.6. The third-order valence-electron chi connectivity index (χ3n) is 5.96. The molecule has 0 aliphatic carbocycles. The van der Waals surface area contributed by atoms with Crippen LogP contribution in [0, 0.1) is 23.6 Å². The fourth-order valence-corrected chi connectivity index (χ4v) is 4.55. The highest BCUT2D eigenvalue weighted by Gasteiger charge is 2.41. The summed E-state index contributed by atoms with van der Waals surface area (Å²) in [4.78, 5) is 17.0. The largest absolute Gasteiger partial charge is 0.381 e. The van der Waals surface area contributed by atoms with E-state index >= 15 is 0 Å². The Hall–Kier alpha value is -1.50. The monoisotopic (exact) mass is 362 g/mol. The van der Waals surface area contributed by atoms with Gasteiger partial charge >= 0.3 is 0 Å². The molecular weight excluding hydrogens is 335 g/mol. The SMILES string of the molecule is O=C(C[C@@H]1COC[C@H]2CN(Cc3ccc(F)cc3)C[C@@H]12)N1CCOCC1. The molecule has 0 radical (unpaired) electrons. The van der Waals surface area contributed by atoms with Crippen molar-refractivity contribution in [3.8, 4) is 0 Å². The van der Waals surface area contributed by atoms with E-state index in [2.05, 4.69) is 4.90 Å². The van der Waals surface area contributed by atoms with Crippen molar-refractivity contribution in [3.63, 3.8) is 0 Å². The fourth-order valence-electron chi connectivity index (χ4n) is 4.55. The number of benzene rings is 1. The lowest BCUT2D eigenvalue weighted by Crippen LogP contribution is -2.44. The van der Waals surface area contributed by atoms with Crippen LogP contribution in [-0.2, 0) is 20.8 Å². The Morgan fingerprint density at radius 1 is 1.08 bits per heavy atom. The molecule has 3 fully saturated rings. The van der Waals surface area contributed by atoms with Crippen LogP contribution in [0.2, 0.25) is 0 Å². The molecule has 3 saturated heterocycles. The summed E-state index contributed by atoms with van der Waals surface area (Å²) in [6.45, 7) is 6.98. The van der Waals surface area contributed by atoms with E-state index in [0.717, 1.165) is 31.8 Å². The highest BCUT2D eigenvalue weighted by Crippen LogP contribution is 2.36. The molecule has 3 aliphatic heterocycles. The topological polar surface area (TPSA) is 42.0 Å².